The minimum Gasteiger partial charge on any atom is -0.310 e. The third-order valence-corrected chi connectivity index (χ3v) is 15.1. The zero-order valence-corrected chi connectivity index (χ0v) is 43.3. The highest BCUT2D eigenvalue weighted by Gasteiger charge is 2.27. The molecule has 0 aliphatic carbocycles. The lowest BCUT2D eigenvalue weighted by Crippen LogP contribution is -2.06. The molecule has 0 radical (unpaired) electrons. The molecule has 76 heavy (non-hydrogen) atoms. The van der Waals surface area contributed by atoms with Gasteiger partial charge in [0.25, 0.3) is 0 Å². The van der Waals surface area contributed by atoms with Gasteiger partial charge in [-0.1, -0.05) is 169 Å². The number of hydrogen-bond donors (Lipinski definition) is 0. The molecule has 0 atom stereocenters. The van der Waals surface area contributed by atoms with Crippen molar-refractivity contribution in [3.8, 4) is 78.9 Å². The number of fused-ring (bicyclic) bond motifs is 6. The normalized spacial score (nSPS) is 11.5. The molecule has 10 aromatic carbocycles. The summed E-state index contributed by atoms with van der Waals surface area (Å²) in [5.74, 6) is 1.62. The van der Waals surface area contributed by atoms with Crippen LogP contribution in [0.1, 0.15) is 33.4 Å². The Bertz CT molecular complexity index is 4430. The minimum atomic E-state index is 0.499. The molecule has 0 aliphatic heterocycles. The van der Waals surface area contributed by atoms with Gasteiger partial charge in [-0.15, -0.1) is 0 Å². The summed E-state index contributed by atoms with van der Waals surface area (Å²) in [5.41, 5.74) is 23.0. The van der Waals surface area contributed by atoms with Gasteiger partial charge < -0.3 is 9.13 Å². The predicted molar refractivity (Wildman–Crippen MR) is 316 cm³/mol. The van der Waals surface area contributed by atoms with Crippen molar-refractivity contribution in [2.45, 2.75) is 41.5 Å². The molecule has 0 spiro atoms. The van der Waals surface area contributed by atoms with E-state index in [4.69, 9.17) is 21.5 Å². The second-order valence-electron chi connectivity index (χ2n) is 20.2. The van der Waals surface area contributed by atoms with Crippen LogP contribution < -0.4 is 0 Å². The second kappa shape index (κ2) is 18.3. The monoisotopic (exact) mass is 976 g/mol. The molecule has 0 fully saturated rings. The fourth-order valence-electron chi connectivity index (χ4n) is 12.2. The Morgan fingerprint density at radius 1 is 0.329 bits per heavy atom. The van der Waals surface area contributed by atoms with Crippen molar-refractivity contribution >= 4 is 49.3 Å². The van der Waals surface area contributed by atoms with Crippen LogP contribution in [-0.4, -0.2) is 24.1 Å². The maximum atomic E-state index is 9.06. The molecule has 0 bridgehead atoms. The van der Waals surface area contributed by atoms with E-state index in [0.29, 0.717) is 23.2 Å². The maximum Gasteiger partial charge on any atom is 0.197 e. The van der Waals surface area contributed by atoms with Gasteiger partial charge >= 0.3 is 0 Å². The lowest BCUT2D eigenvalue weighted by Gasteiger charge is -2.22. The predicted octanol–water partition coefficient (Wildman–Crippen LogP) is 18.5. The van der Waals surface area contributed by atoms with Crippen molar-refractivity contribution in [2.75, 3.05) is 0 Å². The van der Waals surface area contributed by atoms with Crippen molar-refractivity contribution < 1.29 is 0 Å². The molecule has 0 unspecified atom stereocenters. The molecule has 0 saturated heterocycles. The van der Waals surface area contributed by atoms with E-state index < -0.39 is 0 Å². The van der Waals surface area contributed by atoms with Crippen LogP contribution in [0, 0.1) is 48.1 Å². The third-order valence-electron chi connectivity index (χ3n) is 15.1. The summed E-state index contributed by atoms with van der Waals surface area (Å²) in [6.45, 7) is 22.2. The summed E-state index contributed by atoms with van der Waals surface area (Å²) in [6, 6.07) is 72.9. The fraction of sp³-hybridized carbons (Fsp3) is 0.0857. The lowest BCUT2D eigenvalue weighted by molar-refractivity contribution is 1.07. The van der Waals surface area contributed by atoms with Gasteiger partial charge in [-0.2, -0.15) is 0 Å². The third kappa shape index (κ3) is 7.59. The molecule has 13 rings (SSSR count). The topological polar surface area (TPSA) is 52.9 Å². The standard InChI is InChI=1S/C70H52N6/c1-42-36-44(3)64(45(4)37-42)50-32-34-60-55(40-50)52-24-14-16-28-58(52)75(60)62-30-18-26-54(70-73-68(48-20-10-8-11-21-48)72-69(74-70)49-22-12-9-13-23-49)66(62)67-57(71-7)27-19-31-63(67)76-59-29-17-15-25-53(59)56-41-51(33-35-61(56)76)65-46(5)38-43(2)39-47(65)6/h8-41H,1-6H3. The van der Waals surface area contributed by atoms with E-state index in [1.807, 2.05) is 72.8 Å². The first-order valence-corrected chi connectivity index (χ1v) is 25.9. The van der Waals surface area contributed by atoms with E-state index in [1.54, 1.807) is 0 Å². The number of aromatic nitrogens is 5. The molecule has 0 N–H and O–H groups in total. The molecule has 0 amide bonds. The largest absolute Gasteiger partial charge is 0.310 e. The van der Waals surface area contributed by atoms with Crippen LogP contribution in [0.15, 0.2) is 206 Å². The second-order valence-corrected chi connectivity index (χ2v) is 20.2. The van der Waals surface area contributed by atoms with Crippen molar-refractivity contribution in [3.05, 3.63) is 251 Å². The summed E-state index contributed by atoms with van der Waals surface area (Å²) in [4.78, 5) is 20.3. The van der Waals surface area contributed by atoms with Gasteiger partial charge in [-0.3, -0.25) is 0 Å². The van der Waals surface area contributed by atoms with Crippen LogP contribution in [0.2, 0.25) is 0 Å². The number of nitrogens with zero attached hydrogens (tertiary/aromatic N) is 6. The zero-order valence-electron chi connectivity index (χ0n) is 43.3. The van der Waals surface area contributed by atoms with Gasteiger partial charge in [0.1, 0.15) is 0 Å². The number of rotatable bonds is 8. The SMILES string of the molecule is [C-]#[N+]c1cccc(-n2c3ccccc3c3cc(-c4c(C)cc(C)cc4C)ccc32)c1-c1c(-c2nc(-c3ccccc3)nc(-c3ccccc3)n2)cccc1-n1c2ccccc2c2cc(-c3c(C)cc(C)cc3C)ccc21. The van der Waals surface area contributed by atoms with E-state index in [2.05, 4.69) is 189 Å². The Balaban J connectivity index is 1.15. The average Bonchev–Trinajstić information content (AvgIpc) is 4.04. The van der Waals surface area contributed by atoms with Gasteiger partial charge in [0, 0.05) is 55.0 Å². The Labute approximate surface area is 442 Å². The molecule has 3 aromatic heterocycles. The molecular weight excluding hydrogens is 925 g/mol. The van der Waals surface area contributed by atoms with E-state index in [-0.39, 0.29) is 0 Å². The maximum absolute atomic E-state index is 9.06. The average molecular weight is 977 g/mol. The van der Waals surface area contributed by atoms with Crippen molar-refractivity contribution in [2.24, 2.45) is 0 Å². The summed E-state index contributed by atoms with van der Waals surface area (Å²) in [7, 11) is 0. The van der Waals surface area contributed by atoms with Gasteiger partial charge in [0.2, 0.25) is 0 Å². The number of hydrogen-bond acceptors (Lipinski definition) is 3. The molecule has 3 heterocycles. The van der Waals surface area contributed by atoms with Gasteiger partial charge in [-0.05, 0) is 135 Å². The quantitative estimate of drug-likeness (QED) is 0.143. The van der Waals surface area contributed by atoms with Gasteiger partial charge in [-0.25, -0.2) is 19.8 Å². The molecular formula is C70H52N6. The van der Waals surface area contributed by atoms with Crippen LogP contribution in [-0.2, 0) is 0 Å². The van der Waals surface area contributed by atoms with E-state index in [1.165, 1.54) is 55.6 Å². The molecule has 0 aliphatic rings. The number of para-hydroxylation sites is 2. The van der Waals surface area contributed by atoms with Crippen molar-refractivity contribution in [3.63, 3.8) is 0 Å². The van der Waals surface area contributed by atoms with Crippen LogP contribution in [0.3, 0.4) is 0 Å². The highest BCUT2D eigenvalue weighted by atomic mass is 15.0. The number of benzene rings is 10. The van der Waals surface area contributed by atoms with Crippen LogP contribution in [0.5, 0.6) is 0 Å². The van der Waals surface area contributed by atoms with Gasteiger partial charge in [0.15, 0.2) is 23.2 Å². The highest BCUT2D eigenvalue weighted by Crippen LogP contribution is 2.49. The Kier molecular flexibility index (Phi) is 11.1. The fourth-order valence-corrected chi connectivity index (χ4v) is 12.2. The smallest absolute Gasteiger partial charge is 0.197 e. The molecule has 6 heteroatoms. The number of aryl methyl sites for hydroxylation is 6. The first-order valence-electron chi connectivity index (χ1n) is 25.9. The lowest BCUT2D eigenvalue weighted by atomic mass is 9.92. The summed E-state index contributed by atoms with van der Waals surface area (Å²) < 4.78 is 4.74. The zero-order chi connectivity index (χ0) is 51.8. The summed E-state index contributed by atoms with van der Waals surface area (Å²) in [6.07, 6.45) is 0. The van der Waals surface area contributed by atoms with Crippen LogP contribution >= 0.6 is 0 Å². The first-order chi connectivity index (χ1) is 37.1. The first kappa shape index (κ1) is 46.1. The Morgan fingerprint density at radius 2 is 0.737 bits per heavy atom. The minimum absolute atomic E-state index is 0.499. The Morgan fingerprint density at radius 3 is 1.21 bits per heavy atom. The van der Waals surface area contributed by atoms with E-state index >= 15 is 0 Å². The van der Waals surface area contributed by atoms with Crippen molar-refractivity contribution in [1.29, 1.82) is 0 Å². The summed E-state index contributed by atoms with van der Waals surface area (Å²) >= 11 is 0. The van der Waals surface area contributed by atoms with Crippen LogP contribution in [0.4, 0.5) is 5.69 Å². The van der Waals surface area contributed by atoms with E-state index in [9.17, 15) is 0 Å². The molecule has 6 nitrogen and oxygen atoms in total. The molecule has 362 valence electrons. The molecule has 13 aromatic rings. The van der Waals surface area contributed by atoms with Crippen molar-refractivity contribution in [1.82, 2.24) is 24.1 Å². The Hall–Kier alpha value is -9.70. The molecule has 0 saturated carbocycles. The van der Waals surface area contributed by atoms with Crippen LogP contribution in [0.25, 0.3) is 127 Å². The highest BCUT2D eigenvalue weighted by molar-refractivity contribution is 6.14. The summed E-state index contributed by atoms with van der Waals surface area (Å²) in [5, 5.41) is 4.53. The van der Waals surface area contributed by atoms with E-state index in [0.717, 1.165) is 82.8 Å². The van der Waals surface area contributed by atoms with Gasteiger partial charge in [0.05, 0.1) is 34.3 Å².